The predicted molar refractivity (Wildman–Crippen MR) is 117 cm³/mol. The molecule has 0 aliphatic carbocycles. The SMILES string of the molecule is O=C(NCCCN1CCCCCC1=O)[C@@H]1CCCN(C2=NS(=O)(=O)c3ccccc32)C1. The molecule has 0 aromatic heterocycles. The van der Waals surface area contributed by atoms with E-state index in [1.54, 1.807) is 24.3 Å². The fourth-order valence-electron chi connectivity index (χ4n) is 4.60. The summed E-state index contributed by atoms with van der Waals surface area (Å²) in [4.78, 5) is 28.9. The van der Waals surface area contributed by atoms with Gasteiger partial charge in [-0.3, -0.25) is 9.59 Å². The van der Waals surface area contributed by atoms with Gasteiger partial charge in [0.25, 0.3) is 10.0 Å². The van der Waals surface area contributed by atoms with Gasteiger partial charge in [-0.05, 0) is 44.2 Å². The van der Waals surface area contributed by atoms with E-state index >= 15 is 0 Å². The number of benzene rings is 1. The molecule has 31 heavy (non-hydrogen) atoms. The highest BCUT2D eigenvalue weighted by atomic mass is 32.2. The van der Waals surface area contributed by atoms with Gasteiger partial charge in [-0.2, -0.15) is 8.42 Å². The van der Waals surface area contributed by atoms with Gasteiger partial charge in [0.2, 0.25) is 11.8 Å². The quantitative estimate of drug-likeness (QED) is 0.695. The van der Waals surface area contributed by atoms with Crippen LogP contribution in [0.2, 0.25) is 0 Å². The number of carbonyl (C=O) groups is 2. The van der Waals surface area contributed by atoms with E-state index in [-0.39, 0.29) is 22.6 Å². The van der Waals surface area contributed by atoms with Crippen molar-refractivity contribution >= 4 is 27.7 Å². The van der Waals surface area contributed by atoms with Gasteiger partial charge in [0.15, 0.2) is 5.84 Å². The van der Waals surface area contributed by atoms with Gasteiger partial charge in [0.1, 0.15) is 4.90 Å². The lowest BCUT2D eigenvalue weighted by atomic mass is 9.96. The van der Waals surface area contributed by atoms with Crippen molar-refractivity contribution in [3.63, 3.8) is 0 Å². The third-order valence-electron chi connectivity index (χ3n) is 6.28. The highest BCUT2D eigenvalue weighted by Gasteiger charge is 2.35. The van der Waals surface area contributed by atoms with Crippen molar-refractivity contribution in [2.45, 2.75) is 49.8 Å². The first-order valence-electron chi connectivity index (χ1n) is 11.2. The molecule has 0 unspecified atom stereocenters. The molecule has 4 rings (SSSR count). The first-order valence-corrected chi connectivity index (χ1v) is 12.6. The molecular formula is C22H30N4O4S. The van der Waals surface area contributed by atoms with Crippen molar-refractivity contribution < 1.29 is 18.0 Å². The number of sulfonamides is 1. The van der Waals surface area contributed by atoms with E-state index in [2.05, 4.69) is 9.71 Å². The highest BCUT2D eigenvalue weighted by molar-refractivity contribution is 7.90. The number of nitrogens with zero attached hydrogens (tertiary/aromatic N) is 3. The zero-order chi connectivity index (χ0) is 21.8. The molecule has 2 fully saturated rings. The topological polar surface area (TPSA) is 99.2 Å². The van der Waals surface area contributed by atoms with Crippen LogP contribution in [0.1, 0.15) is 50.5 Å². The van der Waals surface area contributed by atoms with Crippen molar-refractivity contribution in [2.24, 2.45) is 10.3 Å². The van der Waals surface area contributed by atoms with Crippen molar-refractivity contribution in [3.8, 4) is 0 Å². The minimum Gasteiger partial charge on any atom is -0.356 e. The summed E-state index contributed by atoms with van der Waals surface area (Å²) in [7, 11) is -3.66. The van der Waals surface area contributed by atoms with Crippen LogP contribution < -0.4 is 5.32 Å². The highest BCUT2D eigenvalue weighted by Crippen LogP contribution is 2.29. The third kappa shape index (κ3) is 4.92. The van der Waals surface area contributed by atoms with E-state index in [0.717, 1.165) is 45.1 Å². The first-order chi connectivity index (χ1) is 15.0. The Bertz CT molecular complexity index is 975. The molecule has 1 atom stereocenters. The number of fused-ring (bicyclic) bond motifs is 1. The van der Waals surface area contributed by atoms with E-state index in [0.29, 0.717) is 44.0 Å². The Labute approximate surface area is 183 Å². The van der Waals surface area contributed by atoms with E-state index in [1.165, 1.54) is 0 Å². The molecule has 1 aromatic carbocycles. The van der Waals surface area contributed by atoms with Crippen LogP contribution >= 0.6 is 0 Å². The predicted octanol–water partition coefficient (Wildman–Crippen LogP) is 1.76. The van der Waals surface area contributed by atoms with E-state index in [9.17, 15) is 18.0 Å². The fraction of sp³-hybridized carbons (Fsp3) is 0.591. The molecule has 168 valence electrons. The average Bonchev–Trinajstić information content (AvgIpc) is 2.90. The zero-order valence-corrected chi connectivity index (χ0v) is 18.6. The van der Waals surface area contributed by atoms with E-state index in [1.807, 2.05) is 9.80 Å². The Morgan fingerprint density at radius 2 is 1.97 bits per heavy atom. The number of hydrogen-bond donors (Lipinski definition) is 1. The number of hydrogen-bond acceptors (Lipinski definition) is 5. The summed E-state index contributed by atoms with van der Waals surface area (Å²) in [6.45, 7) is 3.18. The van der Waals surface area contributed by atoms with E-state index in [4.69, 9.17) is 0 Å². The summed E-state index contributed by atoms with van der Waals surface area (Å²) < 4.78 is 28.7. The standard InChI is InChI=1S/C22H30N4O4S/c27-20-11-2-1-5-13-25(20)15-7-12-23-22(28)17-8-6-14-26(16-17)21-18-9-3-4-10-19(18)31(29,30)24-21/h3-4,9-10,17H,1-2,5-8,11-16H2,(H,23,28)/t17-/m1/s1. The lowest BCUT2D eigenvalue weighted by molar-refractivity contribution is -0.130. The van der Waals surface area contributed by atoms with Gasteiger partial charge in [0.05, 0.1) is 5.92 Å². The monoisotopic (exact) mass is 446 g/mol. The van der Waals surface area contributed by atoms with Crippen molar-refractivity contribution in [1.82, 2.24) is 15.1 Å². The van der Waals surface area contributed by atoms with Gasteiger partial charge in [-0.15, -0.1) is 4.40 Å². The second-order valence-corrected chi connectivity index (χ2v) is 10.1. The molecule has 1 N–H and O–H groups in total. The minimum atomic E-state index is -3.66. The molecule has 0 saturated carbocycles. The van der Waals surface area contributed by atoms with Crippen molar-refractivity contribution in [2.75, 3.05) is 32.7 Å². The van der Waals surface area contributed by atoms with Crippen LogP contribution in [0.3, 0.4) is 0 Å². The normalized spacial score (nSPS) is 23.2. The number of carbonyl (C=O) groups excluding carboxylic acids is 2. The second-order valence-electron chi connectivity index (χ2n) is 8.51. The van der Waals surface area contributed by atoms with Gasteiger partial charge in [-0.25, -0.2) is 0 Å². The summed E-state index contributed by atoms with van der Waals surface area (Å²) >= 11 is 0. The van der Waals surface area contributed by atoms with Gasteiger partial charge in [0, 0.05) is 44.7 Å². The van der Waals surface area contributed by atoms with Crippen LogP contribution in [0.5, 0.6) is 0 Å². The molecular weight excluding hydrogens is 416 g/mol. The molecule has 0 bridgehead atoms. The van der Waals surface area contributed by atoms with Crippen LogP contribution in [0.25, 0.3) is 0 Å². The Morgan fingerprint density at radius 3 is 2.84 bits per heavy atom. The number of rotatable bonds is 5. The van der Waals surface area contributed by atoms with Crippen LogP contribution in [0.15, 0.2) is 33.6 Å². The maximum Gasteiger partial charge on any atom is 0.285 e. The molecule has 3 aliphatic heterocycles. The van der Waals surface area contributed by atoms with Crippen LogP contribution in [-0.4, -0.2) is 68.6 Å². The van der Waals surface area contributed by atoms with Crippen molar-refractivity contribution in [3.05, 3.63) is 29.8 Å². The maximum absolute atomic E-state index is 12.7. The summed E-state index contributed by atoms with van der Waals surface area (Å²) in [6.07, 6.45) is 6.09. The smallest absolute Gasteiger partial charge is 0.285 e. The first kappa shape index (κ1) is 21.8. The summed E-state index contributed by atoms with van der Waals surface area (Å²) in [5.41, 5.74) is 0.616. The van der Waals surface area contributed by atoms with Crippen LogP contribution in [-0.2, 0) is 19.6 Å². The Kier molecular flexibility index (Phi) is 6.60. The molecule has 2 amide bonds. The summed E-state index contributed by atoms with van der Waals surface area (Å²) in [5.74, 6) is 0.459. The number of nitrogens with one attached hydrogen (secondary N) is 1. The van der Waals surface area contributed by atoms with Crippen LogP contribution in [0, 0.1) is 5.92 Å². The summed E-state index contributed by atoms with van der Waals surface area (Å²) in [5, 5.41) is 3.01. The Hall–Kier alpha value is -2.42. The number of amides is 2. The molecule has 3 heterocycles. The van der Waals surface area contributed by atoms with E-state index < -0.39 is 10.0 Å². The van der Waals surface area contributed by atoms with Gasteiger partial charge >= 0.3 is 0 Å². The molecule has 0 spiro atoms. The molecule has 2 saturated heterocycles. The fourth-order valence-corrected chi connectivity index (χ4v) is 5.83. The maximum atomic E-state index is 12.7. The molecule has 8 nitrogen and oxygen atoms in total. The molecule has 3 aliphatic rings. The Morgan fingerprint density at radius 1 is 1.13 bits per heavy atom. The van der Waals surface area contributed by atoms with Gasteiger partial charge in [-0.1, -0.05) is 18.6 Å². The lowest BCUT2D eigenvalue weighted by Crippen LogP contribution is -2.45. The van der Waals surface area contributed by atoms with Crippen molar-refractivity contribution in [1.29, 1.82) is 0 Å². The summed E-state index contributed by atoms with van der Waals surface area (Å²) in [6, 6.07) is 6.84. The minimum absolute atomic E-state index is 0.0124. The lowest BCUT2D eigenvalue weighted by Gasteiger charge is -2.33. The van der Waals surface area contributed by atoms with Crippen LogP contribution in [0.4, 0.5) is 0 Å². The molecule has 9 heteroatoms. The Balaban J connectivity index is 1.30. The number of amidine groups is 1. The average molecular weight is 447 g/mol. The molecule has 1 aromatic rings. The van der Waals surface area contributed by atoms with Gasteiger partial charge < -0.3 is 15.1 Å². The molecule has 0 radical (unpaired) electrons. The largest absolute Gasteiger partial charge is 0.356 e. The second kappa shape index (κ2) is 9.38. The number of piperidine rings is 1. The number of likely N-dealkylation sites (tertiary alicyclic amines) is 2. The zero-order valence-electron chi connectivity index (χ0n) is 17.8. The third-order valence-corrected chi connectivity index (χ3v) is 7.60.